The molecule has 0 heterocycles. The van der Waals surface area contributed by atoms with Gasteiger partial charge in [-0.15, -0.1) is 0 Å². The first-order valence-corrected chi connectivity index (χ1v) is 33.7. The van der Waals surface area contributed by atoms with Crippen LogP contribution in [0.1, 0.15) is 303 Å². The summed E-state index contributed by atoms with van der Waals surface area (Å²) in [6, 6.07) is 0. The summed E-state index contributed by atoms with van der Waals surface area (Å²) in [4.78, 5) is 48.7. The maximum absolute atomic E-state index is 13.0. The zero-order chi connectivity index (χ0) is 56.9. The smallest absolute Gasteiger partial charge is 0.462 e. The Morgan fingerprint density at radius 3 is 0.987 bits per heavy atom. The summed E-state index contributed by atoms with van der Waals surface area (Å²) in [6.45, 7) is 4.61. The lowest BCUT2D eigenvalue weighted by atomic mass is 10.1. The van der Waals surface area contributed by atoms with Gasteiger partial charge in [0.25, 0.3) is 0 Å². The van der Waals surface area contributed by atoms with E-state index in [4.69, 9.17) is 23.3 Å². The molecule has 0 aromatic heterocycles. The summed E-state index contributed by atoms with van der Waals surface area (Å²) >= 11 is 0. The van der Waals surface area contributed by atoms with E-state index in [2.05, 4.69) is 81.5 Å². The van der Waals surface area contributed by atoms with Gasteiger partial charge in [0.15, 0.2) is 6.10 Å². The molecular weight excluding hydrogens is 1000 g/mol. The fourth-order valence-electron chi connectivity index (χ4n) is 8.94. The minimum Gasteiger partial charge on any atom is -0.462 e. The lowest BCUT2D eigenvalue weighted by Crippen LogP contribution is -2.30. The first-order valence-electron chi connectivity index (χ1n) is 32.2. The standard InChI is InChI=1S/C66H119O11P/c1-4-7-10-13-16-19-22-25-28-30-31-33-36-39-42-45-48-51-54-57-66(70)77-63(59-73-64(68)55-52-49-46-43-40-37-35-32-29-26-23-20-17-14-11-8-5-2)61-75-78(71,72)74-60-62(58-67)76-65(69)56-53-50-47-44-41-38-34-27-24-21-18-15-12-9-6-3/h16,18-19,21,25-29,34,62-63,67H,4-15,17,20,22-24,30-33,35-61H2,1-3H3,(H,71,72)/b19-16-,21-18-,28-25-,29-26-,34-27-. The van der Waals surface area contributed by atoms with Gasteiger partial charge >= 0.3 is 25.7 Å². The van der Waals surface area contributed by atoms with E-state index in [1.807, 2.05) is 0 Å². The Bertz CT molecular complexity index is 1540. The molecule has 11 nitrogen and oxygen atoms in total. The number of hydrogen-bond donors (Lipinski definition) is 2. The normalized spacial score (nSPS) is 13.7. The second kappa shape index (κ2) is 60.3. The molecule has 0 amide bonds. The summed E-state index contributed by atoms with van der Waals surface area (Å²) in [5.41, 5.74) is 0. The Labute approximate surface area is 478 Å². The number of ether oxygens (including phenoxy) is 3. The van der Waals surface area contributed by atoms with Crippen LogP contribution >= 0.6 is 7.82 Å². The quantitative estimate of drug-likeness (QED) is 0.0197. The molecule has 12 heteroatoms. The van der Waals surface area contributed by atoms with Gasteiger partial charge in [-0.05, 0) is 109 Å². The molecule has 0 bridgehead atoms. The monoisotopic (exact) mass is 1120 g/mol. The van der Waals surface area contributed by atoms with Crippen LogP contribution in [0.15, 0.2) is 60.8 Å². The number of aliphatic hydroxyl groups is 1. The average molecular weight is 1120 g/mol. The highest BCUT2D eigenvalue weighted by Crippen LogP contribution is 2.43. The van der Waals surface area contributed by atoms with E-state index in [-0.39, 0.29) is 25.9 Å². The van der Waals surface area contributed by atoms with Crippen molar-refractivity contribution in [3.8, 4) is 0 Å². The van der Waals surface area contributed by atoms with Crippen LogP contribution in [0.5, 0.6) is 0 Å². The van der Waals surface area contributed by atoms with Crippen LogP contribution in [-0.4, -0.2) is 66.5 Å². The van der Waals surface area contributed by atoms with Gasteiger partial charge in [0.2, 0.25) is 0 Å². The zero-order valence-corrected chi connectivity index (χ0v) is 51.3. The molecule has 0 saturated carbocycles. The molecule has 3 unspecified atom stereocenters. The Balaban J connectivity index is 4.72. The fourth-order valence-corrected chi connectivity index (χ4v) is 9.73. The van der Waals surface area contributed by atoms with Crippen LogP contribution in [-0.2, 0) is 42.2 Å². The van der Waals surface area contributed by atoms with Gasteiger partial charge in [-0.1, -0.05) is 236 Å². The lowest BCUT2D eigenvalue weighted by molar-refractivity contribution is -0.161. The van der Waals surface area contributed by atoms with E-state index >= 15 is 0 Å². The van der Waals surface area contributed by atoms with Gasteiger partial charge < -0.3 is 24.2 Å². The topological polar surface area (TPSA) is 155 Å². The highest BCUT2D eigenvalue weighted by atomic mass is 31.2. The van der Waals surface area contributed by atoms with E-state index in [9.17, 15) is 28.9 Å². The van der Waals surface area contributed by atoms with Crippen molar-refractivity contribution in [2.24, 2.45) is 0 Å². The molecule has 3 atom stereocenters. The van der Waals surface area contributed by atoms with Gasteiger partial charge in [0.1, 0.15) is 12.7 Å². The second-order valence-electron chi connectivity index (χ2n) is 21.6. The number of unbranched alkanes of at least 4 members (excludes halogenated alkanes) is 33. The molecule has 0 aliphatic carbocycles. The van der Waals surface area contributed by atoms with E-state index in [0.29, 0.717) is 19.3 Å². The van der Waals surface area contributed by atoms with E-state index in [0.717, 1.165) is 103 Å². The number of rotatable bonds is 60. The Morgan fingerprint density at radius 1 is 0.359 bits per heavy atom. The summed E-state index contributed by atoms with van der Waals surface area (Å²) in [5, 5.41) is 9.84. The zero-order valence-electron chi connectivity index (χ0n) is 50.4. The summed E-state index contributed by atoms with van der Waals surface area (Å²) in [7, 11) is -4.76. The number of carbonyl (C=O) groups excluding carboxylic acids is 3. The van der Waals surface area contributed by atoms with E-state index in [1.165, 1.54) is 141 Å². The number of carbonyl (C=O) groups is 3. The van der Waals surface area contributed by atoms with Crippen LogP contribution in [0.4, 0.5) is 0 Å². The number of allylic oxidation sites excluding steroid dienone is 10. The molecule has 0 aromatic rings. The van der Waals surface area contributed by atoms with Crippen molar-refractivity contribution >= 4 is 25.7 Å². The third-order valence-corrected chi connectivity index (χ3v) is 14.8. The minimum absolute atomic E-state index is 0.161. The molecule has 78 heavy (non-hydrogen) atoms. The van der Waals surface area contributed by atoms with Crippen molar-refractivity contribution < 1.29 is 52.2 Å². The van der Waals surface area contributed by atoms with E-state index in [1.54, 1.807) is 0 Å². The van der Waals surface area contributed by atoms with Crippen LogP contribution in [0, 0.1) is 0 Å². The highest BCUT2D eigenvalue weighted by Gasteiger charge is 2.28. The van der Waals surface area contributed by atoms with E-state index < -0.39 is 57.8 Å². The third kappa shape index (κ3) is 57.9. The molecule has 0 radical (unpaired) electrons. The lowest BCUT2D eigenvalue weighted by Gasteiger charge is -2.21. The van der Waals surface area contributed by atoms with Crippen molar-refractivity contribution in [3.05, 3.63) is 60.8 Å². The third-order valence-electron chi connectivity index (χ3n) is 13.9. The Kier molecular flexibility index (Phi) is 58.1. The summed E-state index contributed by atoms with van der Waals surface area (Å²) in [6.07, 6.45) is 67.3. The van der Waals surface area contributed by atoms with Gasteiger partial charge in [0.05, 0.1) is 19.8 Å². The molecule has 454 valence electrons. The number of esters is 3. The predicted molar refractivity (Wildman–Crippen MR) is 325 cm³/mol. The summed E-state index contributed by atoms with van der Waals surface area (Å²) < 4.78 is 39.7. The van der Waals surface area contributed by atoms with Crippen molar-refractivity contribution in [2.75, 3.05) is 26.4 Å². The van der Waals surface area contributed by atoms with Crippen molar-refractivity contribution in [1.82, 2.24) is 0 Å². The molecule has 0 rings (SSSR count). The first kappa shape index (κ1) is 75.2. The predicted octanol–water partition coefficient (Wildman–Crippen LogP) is 19.5. The molecule has 0 fully saturated rings. The highest BCUT2D eigenvalue weighted by molar-refractivity contribution is 7.47. The second-order valence-corrected chi connectivity index (χ2v) is 23.0. The number of hydrogen-bond acceptors (Lipinski definition) is 10. The average Bonchev–Trinajstić information content (AvgIpc) is 3.43. The van der Waals surface area contributed by atoms with Gasteiger partial charge in [0, 0.05) is 19.3 Å². The maximum atomic E-state index is 13.0. The summed E-state index contributed by atoms with van der Waals surface area (Å²) in [5.74, 6) is -1.47. The van der Waals surface area contributed by atoms with Crippen LogP contribution in [0.25, 0.3) is 0 Å². The van der Waals surface area contributed by atoms with Crippen LogP contribution < -0.4 is 0 Å². The minimum atomic E-state index is -4.76. The molecule has 0 aromatic carbocycles. The molecular formula is C66H119O11P. The Hall–Kier alpha value is -2.82. The Morgan fingerprint density at radius 2 is 0.628 bits per heavy atom. The largest absolute Gasteiger partial charge is 0.472 e. The van der Waals surface area contributed by atoms with Crippen molar-refractivity contribution in [3.63, 3.8) is 0 Å². The van der Waals surface area contributed by atoms with Gasteiger partial charge in [-0.3, -0.25) is 23.4 Å². The number of phosphoric acid groups is 1. The van der Waals surface area contributed by atoms with Crippen molar-refractivity contribution in [1.29, 1.82) is 0 Å². The molecule has 2 N–H and O–H groups in total. The van der Waals surface area contributed by atoms with Crippen molar-refractivity contribution in [2.45, 2.75) is 315 Å². The molecule has 0 spiro atoms. The maximum Gasteiger partial charge on any atom is 0.472 e. The molecule has 0 saturated heterocycles. The number of aliphatic hydroxyl groups excluding tert-OH is 1. The first-order chi connectivity index (χ1) is 38.2. The van der Waals surface area contributed by atoms with Gasteiger partial charge in [-0.2, -0.15) is 0 Å². The van der Waals surface area contributed by atoms with Crippen LogP contribution in [0.2, 0.25) is 0 Å². The molecule has 0 aliphatic heterocycles. The number of phosphoric ester groups is 1. The van der Waals surface area contributed by atoms with Gasteiger partial charge in [-0.25, -0.2) is 4.57 Å². The molecule has 0 aliphatic rings. The SMILES string of the molecule is CCCCC/C=C\C/C=C\CCCCCCCCCCCC(=O)OC(COC(=O)CCCCCCCCC/C=C\CCCCCCCC)COP(=O)(O)OCC(CO)OC(=O)CCCCCCC/C=C\C/C=C\CCCCC. The van der Waals surface area contributed by atoms with Crippen LogP contribution in [0.3, 0.4) is 0 Å². The fraction of sp³-hybridized carbons (Fsp3) is 0.803.